The zero-order chi connectivity index (χ0) is 13.7. The Balaban J connectivity index is 2.10. The molecule has 1 fully saturated rings. The lowest BCUT2D eigenvalue weighted by atomic mass is 10.1. The van der Waals surface area contributed by atoms with Crippen LogP contribution in [0.3, 0.4) is 0 Å². The first-order chi connectivity index (χ1) is 9.20. The predicted molar refractivity (Wildman–Crippen MR) is 72.5 cm³/mol. The molecule has 2 N–H and O–H groups in total. The number of aliphatic hydroxyl groups excluding tert-OH is 1. The Morgan fingerprint density at radius 2 is 2.42 bits per heavy atom. The van der Waals surface area contributed by atoms with E-state index in [9.17, 15) is 4.79 Å². The van der Waals surface area contributed by atoms with Gasteiger partial charge in [-0.1, -0.05) is 18.8 Å². The molecule has 0 aliphatic heterocycles. The molecule has 1 aliphatic rings. The van der Waals surface area contributed by atoms with Crippen LogP contribution in [0.25, 0.3) is 0 Å². The largest absolute Gasteiger partial charge is 0.384 e. The minimum atomic E-state index is -0.226. The van der Waals surface area contributed by atoms with Crippen LogP contribution in [0.2, 0.25) is 0 Å². The number of hydrogen-bond acceptors (Lipinski definition) is 3. The van der Waals surface area contributed by atoms with Gasteiger partial charge in [0.2, 0.25) is 0 Å². The molecule has 2 rings (SSSR count). The molecule has 1 aromatic rings. The van der Waals surface area contributed by atoms with Crippen LogP contribution in [0.15, 0.2) is 18.3 Å². The van der Waals surface area contributed by atoms with Crippen molar-refractivity contribution in [1.29, 1.82) is 0 Å². The van der Waals surface area contributed by atoms with E-state index in [2.05, 4.69) is 29.1 Å². The molecule has 2 unspecified atom stereocenters. The van der Waals surface area contributed by atoms with Crippen molar-refractivity contribution in [3.05, 3.63) is 29.6 Å². The van der Waals surface area contributed by atoms with Crippen LogP contribution in [-0.4, -0.2) is 28.6 Å². The highest BCUT2D eigenvalue weighted by atomic mass is 16.2. The summed E-state index contributed by atoms with van der Waals surface area (Å²) in [5.74, 6) is 5.79. The van der Waals surface area contributed by atoms with Gasteiger partial charge in [-0.3, -0.25) is 4.79 Å². The first-order valence-electron chi connectivity index (χ1n) is 6.56. The lowest BCUT2D eigenvalue weighted by molar-refractivity contribution is 0.0932. The Morgan fingerprint density at radius 1 is 1.58 bits per heavy atom. The number of carbonyl (C=O) groups is 1. The van der Waals surface area contributed by atoms with Gasteiger partial charge in [0, 0.05) is 12.2 Å². The van der Waals surface area contributed by atoms with Crippen molar-refractivity contribution in [2.24, 2.45) is 5.92 Å². The first kappa shape index (κ1) is 13.6. The van der Waals surface area contributed by atoms with Crippen LogP contribution in [0.4, 0.5) is 0 Å². The summed E-state index contributed by atoms with van der Waals surface area (Å²) in [6.07, 6.45) is 4.79. The number of aliphatic hydroxyl groups is 1. The minimum absolute atomic E-state index is 0.179. The molecule has 2 atom stereocenters. The van der Waals surface area contributed by atoms with Crippen LogP contribution >= 0.6 is 0 Å². The van der Waals surface area contributed by atoms with Crippen LogP contribution in [0, 0.1) is 17.8 Å². The maximum absolute atomic E-state index is 12.2. The predicted octanol–water partition coefficient (Wildman–Crippen LogP) is 1.34. The summed E-state index contributed by atoms with van der Waals surface area (Å²) < 4.78 is 0. The summed E-state index contributed by atoms with van der Waals surface area (Å²) in [5.41, 5.74) is 0.892. The summed E-state index contributed by atoms with van der Waals surface area (Å²) in [7, 11) is 0. The molecule has 1 heterocycles. The Hall–Kier alpha value is -1.86. The second-order valence-electron chi connectivity index (χ2n) is 4.95. The number of aromatic nitrogens is 1. The third kappa shape index (κ3) is 3.55. The normalized spacial score (nSPS) is 21.6. The van der Waals surface area contributed by atoms with Crippen LogP contribution in [-0.2, 0) is 0 Å². The van der Waals surface area contributed by atoms with Crippen molar-refractivity contribution in [1.82, 2.24) is 10.3 Å². The summed E-state index contributed by atoms with van der Waals surface area (Å²) in [6, 6.07) is 3.71. The third-order valence-corrected chi connectivity index (χ3v) is 3.35. The first-order valence-corrected chi connectivity index (χ1v) is 6.56. The molecule has 19 heavy (non-hydrogen) atoms. The van der Waals surface area contributed by atoms with Crippen molar-refractivity contribution in [2.75, 3.05) is 6.61 Å². The van der Waals surface area contributed by atoms with E-state index in [0.717, 1.165) is 19.3 Å². The number of carbonyl (C=O) groups excluding carboxylic acids is 1. The van der Waals surface area contributed by atoms with E-state index in [1.165, 1.54) is 0 Å². The van der Waals surface area contributed by atoms with Crippen LogP contribution in [0.1, 0.15) is 42.2 Å². The monoisotopic (exact) mass is 258 g/mol. The maximum atomic E-state index is 12.2. The van der Waals surface area contributed by atoms with Crippen molar-refractivity contribution in [2.45, 2.75) is 32.2 Å². The highest BCUT2D eigenvalue weighted by Crippen LogP contribution is 2.24. The molecule has 0 bridgehead atoms. The van der Waals surface area contributed by atoms with Gasteiger partial charge in [0.1, 0.15) is 12.3 Å². The van der Waals surface area contributed by atoms with Gasteiger partial charge in [-0.25, -0.2) is 4.98 Å². The van der Waals surface area contributed by atoms with Crippen LogP contribution in [0.5, 0.6) is 0 Å². The average Bonchev–Trinajstić information content (AvgIpc) is 2.82. The Morgan fingerprint density at radius 3 is 3.11 bits per heavy atom. The van der Waals surface area contributed by atoms with E-state index in [0.29, 0.717) is 17.2 Å². The van der Waals surface area contributed by atoms with Crippen LogP contribution < -0.4 is 5.32 Å². The number of nitrogens with one attached hydrogen (secondary N) is 1. The fourth-order valence-corrected chi connectivity index (χ4v) is 2.41. The van der Waals surface area contributed by atoms with Gasteiger partial charge in [-0.05, 0) is 37.3 Å². The highest BCUT2D eigenvalue weighted by Gasteiger charge is 2.24. The van der Waals surface area contributed by atoms with Gasteiger partial charge in [-0.15, -0.1) is 0 Å². The molecule has 1 amide bonds. The topological polar surface area (TPSA) is 62.2 Å². The Kier molecular flexibility index (Phi) is 4.53. The van der Waals surface area contributed by atoms with E-state index in [-0.39, 0.29) is 18.6 Å². The van der Waals surface area contributed by atoms with Gasteiger partial charge in [0.25, 0.3) is 5.91 Å². The fourth-order valence-electron chi connectivity index (χ4n) is 2.41. The van der Waals surface area contributed by atoms with Crippen molar-refractivity contribution >= 4 is 5.91 Å². The van der Waals surface area contributed by atoms with Crippen molar-refractivity contribution < 1.29 is 9.90 Å². The summed E-state index contributed by atoms with van der Waals surface area (Å²) in [5, 5.41) is 11.7. The van der Waals surface area contributed by atoms with Crippen molar-refractivity contribution in [3.8, 4) is 11.8 Å². The van der Waals surface area contributed by atoms with Crippen molar-refractivity contribution in [3.63, 3.8) is 0 Å². The SMILES string of the molecule is CC1CCC(NC(=O)c2ncccc2C#CCO)C1. The number of nitrogens with zero attached hydrogens (tertiary/aromatic N) is 1. The lowest BCUT2D eigenvalue weighted by Crippen LogP contribution is -2.33. The van der Waals surface area contributed by atoms with E-state index in [4.69, 9.17) is 5.11 Å². The molecule has 100 valence electrons. The molecule has 0 radical (unpaired) electrons. The lowest BCUT2D eigenvalue weighted by Gasteiger charge is -2.12. The molecular formula is C15H18N2O2. The third-order valence-electron chi connectivity index (χ3n) is 3.35. The number of hydrogen-bond donors (Lipinski definition) is 2. The van der Waals surface area contributed by atoms with E-state index in [1.807, 2.05) is 0 Å². The Bertz CT molecular complexity index is 516. The summed E-state index contributed by atoms with van der Waals surface area (Å²) in [4.78, 5) is 16.3. The van der Waals surface area contributed by atoms with E-state index in [1.54, 1.807) is 18.3 Å². The number of amides is 1. The molecule has 0 saturated heterocycles. The molecule has 0 spiro atoms. The standard InChI is InChI=1S/C15H18N2O2/c1-11-6-7-13(10-11)17-15(19)14-12(5-3-9-18)4-2-8-16-14/h2,4,8,11,13,18H,6-7,9-10H2,1H3,(H,17,19). The van der Waals surface area contributed by atoms with Gasteiger partial charge >= 0.3 is 0 Å². The van der Waals surface area contributed by atoms with Gasteiger partial charge < -0.3 is 10.4 Å². The van der Waals surface area contributed by atoms with Gasteiger partial charge in [0.15, 0.2) is 0 Å². The molecule has 4 heteroatoms. The average molecular weight is 258 g/mol. The fraction of sp³-hybridized carbons (Fsp3) is 0.467. The van der Waals surface area contributed by atoms with Gasteiger partial charge in [0.05, 0.1) is 5.56 Å². The molecule has 4 nitrogen and oxygen atoms in total. The number of pyridine rings is 1. The van der Waals surface area contributed by atoms with E-state index >= 15 is 0 Å². The second kappa shape index (κ2) is 6.35. The quantitative estimate of drug-likeness (QED) is 0.787. The molecule has 1 aromatic heterocycles. The zero-order valence-corrected chi connectivity index (χ0v) is 11.0. The summed E-state index contributed by atoms with van der Waals surface area (Å²) >= 11 is 0. The Labute approximate surface area is 113 Å². The molecule has 1 saturated carbocycles. The second-order valence-corrected chi connectivity index (χ2v) is 4.95. The summed E-state index contributed by atoms with van der Waals surface area (Å²) in [6.45, 7) is 1.97. The molecule has 1 aliphatic carbocycles. The maximum Gasteiger partial charge on any atom is 0.271 e. The number of rotatable bonds is 2. The minimum Gasteiger partial charge on any atom is -0.384 e. The smallest absolute Gasteiger partial charge is 0.271 e. The highest BCUT2D eigenvalue weighted by molar-refractivity contribution is 5.94. The molecular weight excluding hydrogens is 240 g/mol. The molecule has 0 aromatic carbocycles. The zero-order valence-electron chi connectivity index (χ0n) is 11.0. The van der Waals surface area contributed by atoms with Gasteiger partial charge in [-0.2, -0.15) is 0 Å². The van der Waals surface area contributed by atoms with E-state index < -0.39 is 0 Å².